The molecule has 1 saturated heterocycles. The Morgan fingerprint density at radius 1 is 1.09 bits per heavy atom. The molecular weight excluding hydrogens is 471 g/mol. The SMILES string of the molecule is O=C(CSc1nnc(COc2ccccc2F)n1-c1ccccc1)N1CCCC1c1cccs1. The van der Waals surface area contributed by atoms with Crippen LogP contribution in [0.3, 0.4) is 0 Å². The van der Waals surface area contributed by atoms with Gasteiger partial charge in [0.2, 0.25) is 5.91 Å². The van der Waals surface area contributed by atoms with E-state index in [1.165, 1.54) is 22.7 Å². The maximum atomic E-state index is 14.0. The molecule has 1 atom stereocenters. The Bertz CT molecular complexity index is 1250. The zero-order valence-corrected chi connectivity index (χ0v) is 20.0. The third-order valence-corrected chi connectivity index (χ3v) is 7.56. The molecule has 4 aromatic rings. The van der Waals surface area contributed by atoms with E-state index >= 15 is 0 Å². The molecule has 9 heteroatoms. The standard InChI is InChI=1S/C25H23FN4O2S2/c26-19-10-4-5-12-21(19)32-16-23-27-28-25(30(23)18-8-2-1-3-9-18)34-17-24(31)29-14-6-11-20(29)22-13-7-15-33-22/h1-5,7-10,12-13,15,20H,6,11,14,16-17H2. The van der Waals surface area contributed by atoms with Gasteiger partial charge in [-0.05, 0) is 48.6 Å². The third-order valence-electron chi connectivity index (χ3n) is 5.68. The highest BCUT2D eigenvalue weighted by molar-refractivity contribution is 7.99. The molecule has 174 valence electrons. The first kappa shape index (κ1) is 22.6. The second-order valence-electron chi connectivity index (χ2n) is 7.84. The van der Waals surface area contributed by atoms with Crippen molar-refractivity contribution in [2.75, 3.05) is 12.3 Å². The summed E-state index contributed by atoms with van der Waals surface area (Å²) in [6.07, 6.45) is 2.01. The Balaban J connectivity index is 1.33. The summed E-state index contributed by atoms with van der Waals surface area (Å²) in [4.78, 5) is 16.3. The number of thiophene rings is 1. The third kappa shape index (κ3) is 4.85. The number of aromatic nitrogens is 3. The van der Waals surface area contributed by atoms with Crippen molar-refractivity contribution in [1.29, 1.82) is 0 Å². The van der Waals surface area contributed by atoms with Crippen molar-refractivity contribution in [3.05, 3.63) is 88.6 Å². The number of hydrogen-bond donors (Lipinski definition) is 0. The molecule has 1 fully saturated rings. The first-order valence-electron chi connectivity index (χ1n) is 11.0. The summed E-state index contributed by atoms with van der Waals surface area (Å²) in [5.41, 5.74) is 0.854. The average Bonchev–Trinajstić information content (AvgIpc) is 3.63. The van der Waals surface area contributed by atoms with Crippen molar-refractivity contribution >= 4 is 29.0 Å². The van der Waals surface area contributed by atoms with Crippen molar-refractivity contribution in [2.45, 2.75) is 30.6 Å². The molecule has 34 heavy (non-hydrogen) atoms. The van der Waals surface area contributed by atoms with Crippen LogP contribution in [0.15, 0.2) is 77.3 Å². The molecule has 2 aromatic heterocycles. The molecule has 5 rings (SSSR count). The fourth-order valence-corrected chi connectivity index (χ4v) is 5.81. The van der Waals surface area contributed by atoms with Gasteiger partial charge in [-0.25, -0.2) is 4.39 Å². The molecule has 0 aliphatic carbocycles. The molecule has 1 unspecified atom stereocenters. The fraction of sp³-hybridized carbons (Fsp3) is 0.240. The summed E-state index contributed by atoms with van der Waals surface area (Å²) in [6, 6.07) is 20.2. The molecule has 0 N–H and O–H groups in total. The highest BCUT2D eigenvalue weighted by Gasteiger charge is 2.30. The van der Waals surface area contributed by atoms with Crippen molar-refractivity contribution in [3.8, 4) is 11.4 Å². The number of benzene rings is 2. The smallest absolute Gasteiger partial charge is 0.233 e. The summed E-state index contributed by atoms with van der Waals surface area (Å²) in [7, 11) is 0. The van der Waals surface area contributed by atoms with Gasteiger partial charge < -0.3 is 9.64 Å². The molecular formula is C25H23FN4O2S2. The second-order valence-corrected chi connectivity index (χ2v) is 9.76. The number of thioether (sulfide) groups is 1. The van der Waals surface area contributed by atoms with E-state index in [4.69, 9.17) is 4.74 Å². The van der Waals surface area contributed by atoms with Gasteiger partial charge in [-0.15, -0.1) is 21.5 Å². The Morgan fingerprint density at radius 3 is 2.71 bits per heavy atom. The second kappa shape index (κ2) is 10.4. The van der Waals surface area contributed by atoms with Crippen LogP contribution in [0, 0.1) is 5.82 Å². The lowest BCUT2D eigenvalue weighted by Gasteiger charge is -2.23. The van der Waals surface area contributed by atoms with E-state index in [0.29, 0.717) is 11.0 Å². The molecule has 6 nitrogen and oxygen atoms in total. The number of amides is 1. The van der Waals surface area contributed by atoms with Crippen LogP contribution in [0.5, 0.6) is 5.75 Å². The first-order valence-corrected chi connectivity index (χ1v) is 12.9. The first-order chi connectivity index (χ1) is 16.7. The Morgan fingerprint density at radius 2 is 1.91 bits per heavy atom. The van der Waals surface area contributed by atoms with Crippen LogP contribution < -0.4 is 4.74 Å². The summed E-state index contributed by atoms with van der Waals surface area (Å²) in [6.45, 7) is 0.818. The predicted octanol–water partition coefficient (Wildman–Crippen LogP) is 5.50. The number of carbonyl (C=O) groups excluding carboxylic acids is 1. The summed E-state index contributed by atoms with van der Waals surface area (Å²) in [5, 5.41) is 11.3. The lowest BCUT2D eigenvalue weighted by atomic mass is 10.2. The topological polar surface area (TPSA) is 60.2 Å². The minimum atomic E-state index is -0.431. The van der Waals surface area contributed by atoms with Gasteiger partial charge in [0.15, 0.2) is 22.5 Å². The van der Waals surface area contributed by atoms with E-state index in [9.17, 15) is 9.18 Å². The van der Waals surface area contributed by atoms with Gasteiger partial charge in [0.25, 0.3) is 0 Å². The number of nitrogens with zero attached hydrogens (tertiary/aromatic N) is 4. The van der Waals surface area contributed by atoms with Crippen LogP contribution in [-0.4, -0.2) is 37.9 Å². The number of ether oxygens (including phenoxy) is 1. The van der Waals surface area contributed by atoms with Crippen LogP contribution in [0.1, 0.15) is 29.6 Å². The largest absolute Gasteiger partial charge is 0.483 e. The van der Waals surface area contributed by atoms with Gasteiger partial charge in [0, 0.05) is 17.1 Å². The van der Waals surface area contributed by atoms with Crippen LogP contribution in [0.25, 0.3) is 5.69 Å². The van der Waals surface area contributed by atoms with Crippen molar-refractivity contribution in [1.82, 2.24) is 19.7 Å². The lowest BCUT2D eigenvalue weighted by Crippen LogP contribution is -2.31. The molecule has 0 bridgehead atoms. The number of rotatable bonds is 8. The highest BCUT2D eigenvalue weighted by atomic mass is 32.2. The maximum absolute atomic E-state index is 14.0. The molecule has 1 aliphatic heterocycles. The molecule has 0 radical (unpaired) electrons. The Kier molecular flexibility index (Phi) is 6.92. The summed E-state index contributed by atoms with van der Waals surface area (Å²) < 4.78 is 21.5. The van der Waals surface area contributed by atoms with Crippen LogP contribution in [0.2, 0.25) is 0 Å². The number of halogens is 1. The Labute approximate surface area is 205 Å². The van der Waals surface area contributed by atoms with E-state index in [1.54, 1.807) is 29.5 Å². The number of likely N-dealkylation sites (tertiary alicyclic amines) is 1. The zero-order valence-electron chi connectivity index (χ0n) is 18.3. The van der Waals surface area contributed by atoms with Crippen molar-refractivity contribution < 1.29 is 13.9 Å². The van der Waals surface area contributed by atoms with E-state index in [2.05, 4.69) is 21.6 Å². The van der Waals surface area contributed by atoms with Gasteiger partial charge in [0.05, 0.1) is 11.8 Å². The van der Waals surface area contributed by atoms with E-state index < -0.39 is 5.82 Å². The highest BCUT2D eigenvalue weighted by Crippen LogP contribution is 2.35. The average molecular weight is 495 g/mol. The summed E-state index contributed by atoms with van der Waals surface area (Å²) >= 11 is 3.05. The van der Waals surface area contributed by atoms with Gasteiger partial charge in [-0.1, -0.05) is 48.2 Å². The van der Waals surface area contributed by atoms with Gasteiger partial charge in [-0.2, -0.15) is 0 Å². The fourth-order valence-electron chi connectivity index (χ4n) is 4.08. The zero-order chi connectivity index (χ0) is 23.3. The van der Waals surface area contributed by atoms with Crippen molar-refractivity contribution in [3.63, 3.8) is 0 Å². The van der Waals surface area contributed by atoms with E-state index in [1.807, 2.05) is 45.9 Å². The van der Waals surface area contributed by atoms with Gasteiger partial charge in [-0.3, -0.25) is 9.36 Å². The number of carbonyl (C=O) groups is 1. The maximum Gasteiger partial charge on any atom is 0.233 e. The van der Waals surface area contributed by atoms with Crippen LogP contribution in [0.4, 0.5) is 4.39 Å². The van der Waals surface area contributed by atoms with E-state index in [-0.39, 0.29) is 30.1 Å². The Hall–Kier alpha value is -3.17. The molecule has 2 aromatic carbocycles. The predicted molar refractivity (Wildman–Crippen MR) is 131 cm³/mol. The van der Waals surface area contributed by atoms with Gasteiger partial charge >= 0.3 is 0 Å². The van der Waals surface area contributed by atoms with E-state index in [0.717, 1.165) is 25.1 Å². The van der Waals surface area contributed by atoms with Crippen LogP contribution >= 0.6 is 23.1 Å². The van der Waals surface area contributed by atoms with Crippen LogP contribution in [-0.2, 0) is 11.4 Å². The number of hydrogen-bond acceptors (Lipinski definition) is 6. The molecule has 1 amide bonds. The minimum absolute atomic E-state index is 0.0455. The lowest BCUT2D eigenvalue weighted by molar-refractivity contribution is -0.129. The summed E-state index contributed by atoms with van der Waals surface area (Å²) in [5.74, 6) is 0.610. The quantitative estimate of drug-likeness (QED) is 0.303. The van der Waals surface area contributed by atoms with Crippen molar-refractivity contribution in [2.24, 2.45) is 0 Å². The minimum Gasteiger partial charge on any atom is -0.483 e. The molecule has 0 spiro atoms. The molecule has 0 saturated carbocycles. The molecule has 1 aliphatic rings. The normalized spacial score (nSPS) is 15.6. The van der Waals surface area contributed by atoms with Gasteiger partial charge in [0.1, 0.15) is 6.61 Å². The number of para-hydroxylation sites is 2. The monoisotopic (exact) mass is 494 g/mol. The molecule has 3 heterocycles.